The highest BCUT2D eigenvalue weighted by molar-refractivity contribution is 7.89. The lowest BCUT2D eigenvalue weighted by atomic mass is 10.3. The Morgan fingerprint density at radius 1 is 1.35 bits per heavy atom. The lowest BCUT2D eigenvalue weighted by molar-refractivity contribution is 0.271. The summed E-state index contributed by atoms with van der Waals surface area (Å²) in [5.41, 5.74) is 5.58. The number of sulfonamides is 1. The van der Waals surface area contributed by atoms with Crippen molar-refractivity contribution in [3.63, 3.8) is 0 Å². The summed E-state index contributed by atoms with van der Waals surface area (Å²) in [6.07, 6.45) is 0. The van der Waals surface area contributed by atoms with Gasteiger partial charge in [-0.2, -0.15) is 4.31 Å². The first kappa shape index (κ1) is 16.9. The fraction of sp³-hybridized carbons (Fsp3) is 0.538. The average molecular weight is 303 g/mol. The van der Waals surface area contributed by atoms with Gasteiger partial charge in [-0.3, -0.25) is 0 Å². The largest absolute Gasteiger partial charge is 0.398 e. The van der Waals surface area contributed by atoms with Crippen LogP contribution in [-0.4, -0.2) is 50.8 Å². The minimum Gasteiger partial charge on any atom is -0.398 e. The molecular formula is C13H22FN3O2S. The number of hydrogen-bond acceptors (Lipinski definition) is 4. The van der Waals surface area contributed by atoms with Gasteiger partial charge in [-0.1, -0.05) is 13.0 Å². The van der Waals surface area contributed by atoms with Crippen molar-refractivity contribution in [2.45, 2.75) is 24.8 Å². The predicted molar refractivity (Wildman–Crippen MR) is 78.4 cm³/mol. The molecule has 114 valence electrons. The van der Waals surface area contributed by atoms with Crippen molar-refractivity contribution < 1.29 is 12.8 Å². The van der Waals surface area contributed by atoms with Crippen LogP contribution in [0.3, 0.4) is 0 Å². The molecule has 1 aromatic rings. The Morgan fingerprint density at radius 2 is 1.95 bits per heavy atom. The van der Waals surface area contributed by atoms with E-state index in [1.807, 2.05) is 19.0 Å². The molecule has 2 N–H and O–H groups in total. The minimum absolute atomic E-state index is 0.0690. The number of nitrogen functional groups attached to an aromatic ring is 1. The zero-order valence-corrected chi connectivity index (χ0v) is 13.1. The molecule has 0 amide bonds. The molecule has 0 radical (unpaired) electrons. The highest BCUT2D eigenvalue weighted by Gasteiger charge is 2.32. The third-order valence-corrected chi connectivity index (χ3v) is 5.18. The molecule has 5 nitrogen and oxygen atoms in total. The van der Waals surface area contributed by atoms with Gasteiger partial charge in [0.05, 0.1) is 5.69 Å². The van der Waals surface area contributed by atoms with E-state index in [-0.39, 0.29) is 18.3 Å². The number of nitrogens with two attached hydrogens (primary N) is 1. The second-order valence-electron chi connectivity index (χ2n) is 4.98. The Balaban J connectivity index is 3.26. The van der Waals surface area contributed by atoms with E-state index in [4.69, 9.17) is 5.73 Å². The molecule has 0 heterocycles. The Bertz CT molecular complexity index is 540. The van der Waals surface area contributed by atoms with Crippen molar-refractivity contribution in [2.75, 3.05) is 32.9 Å². The van der Waals surface area contributed by atoms with Crippen LogP contribution in [0.15, 0.2) is 23.1 Å². The van der Waals surface area contributed by atoms with Crippen molar-refractivity contribution in [3.05, 3.63) is 24.0 Å². The summed E-state index contributed by atoms with van der Waals surface area (Å²) < 4.78 is 40.4. The van der Waals surface area contributed by atoms with E-state index in [2.05, 4.69) is 0 Å². The van der Waals surface area contributed by atoms with E-state index >= 15 is 0 Å². The number of benzene rings is 1. The highest BCUT2D eigenvalue weighted by Crippen LogP contribution is 2.26. The van der Waals surface area contributed by atoms with Crippen LogP contribution in [0.2, 0.25) is 0 Å². The van der Waals surface area contributed by atoms with E-state index in [1.165, 1.54) is 16.4 Å². The van der Waals surface area contributed by atoms with Gasteiger partial charge in [0.1, 0.15) is 10.7 Å². The van der Waals surface area contributed by atoms with Crippen LogP contribution in [-0.2, 0) is 10.0 Å². The fourth-order valence-electron chi connectivity index (χ4n) is 2.25. The van der Waals surface area contributed by atoms with Gasteiger partial charge >= 0.3 is 0 Å². The molecule has 0 aliphatic rings. The van der Waals surface area contributed by atoms with E-state index in [0.29, 0.717) is 6.54 Å². The molecule has 1 rings (SSSR count). The number of anilines is 1. The summed E-state index contributed by atoms with van der Waals surface area (Å²) >= 11 is 0. The van der Waals surface area contributed by atoms with Crippen molar-refractivity contribution in [2.24, 2.45) is 0 Å². The zero-order chi connectivity index (χ0) is 15.5. The normalized spacial score (nSPS) is 13.9. The maximum absolute atomic E-state index is 13.9. The average Bonchev–Trinajstić information content (AvgIpc) is 2.27. The summed E-state index contributed by atoms with van der Waals surface area (Å²) in [6.45, 7) is 4.31. The van der Waals surface area contributed by atoms with E-state index in [9.17, 15) is 12.8 Å². The van der Waals surface area contributed by atoms with Crippen LogP contribution >= 0.6 is 0 Å². The highest BCUT2D eigenvalue weighted by atomic mass is 32.2. The lowest BCUT2D eigenvalue weighted by Crippen LogP contribution is -2.44. The maximum atomic E-state index is 13.9. The molecular weight excluding hydrogens is 281 g/mol. The SMILES string of the molecule is CCN(C(C)CN(C)C)S(=O)(=O)c1c(N)cccc1F. The number of nitrogens with zero attached hydrogens (tertiary/aromatic N) is 2. The quantitative estimate of drug-likeness (QED) is 0.806. The molecule has 0 aliphatic carbocycles. The topological polar surface area (TPSA) is 66.6 Å². The summed E-state index contributed by atoms with van der Waals surface area (Å²) in [5, 5.41) is 0. The van der Waals surface area contributed by atoms with Crippen molar-refractivity contribution >= 4 is 15.7 Å². The van der Waals surface area contributed by atoms with Crippen LogP contribution in [0.1, 0.15) is 13.8 Å². The second-order valence-corrected chi connectivity index (χ2v) is 6.81. The van der Waals surface area contributed by atoms with Crippen molar-refractivity contribution in [1.29, 1.82) is 0 Å². The van der Waals surface area contributed by atoms with Gasteiger partial charge in [-0.15, -0.1) is 0 Å². The summed E-state index contributed by atoms with van der Waals surface area (Å²) in [4.78, 5) is 1.44. The monoisotopic (exact) mass is 303 g/mol. The van der Waals surface area contributed by atoms with Gasteiger partial charge < -0.3 is 10.6 Å². The first-order chi connectivity index (χ1) is 9.21. The van der Waals surface area contributed by atoms with Gasteiger partial charge in [-0.25, -0.2) is 12.8 Å². The van der Waals surface area contributed by atoms with Crippen LogP contribution in [0.25, 0.3) is 0 Å². The third-order valence-electron chi connectivity index (χ3n) is 3.00. The Kier molecular flexibility index (Phi) is 5.50. The van der Waals surface area contributed by atoms with Crippen molar-refractivity contribution in [1.82, 2.24) is 9.21 Å². The third kappa shape index (κ3) is 3.47. The molecule has 0 aliphatic heterocycles. The van der Waals surface area contributed by atoms with Crippen molar-refractivity contribution in [3.8, 4) is 0 Å². The predicted octanol–water partition coefficient (Wildman–Crippen LogP) is 1.37. The molecule has 1 unspecified atom stereocenters. The first-order valence-corrected chi connectivity index (χ1v) is 7.86. The Morgan fingerprint density at radius 3 is 2.40 bits per heavy atom. The summed E-state index contributed by atoms with van der Waals surface area (Å²) in [7, 11) is -0.240. The molecule has 7 heteroatoms. The molecule has 0 aromatic heterocycles. The molecule has 0 saturated carbocycles. The van der Waals surface area contributed by atoms with Gasteiger partial charge in [0.15, 0.2) is 0 Å². The Hall–Kier alpha value is -1.18. The van der Waals surface area contributed by atoms with Crippen LogP contribution in [0.5, 0.6) is 0 Å². The maximum Gasteiger partial charge on any atom is 0.248 e. The summed E-state index contributed by atoms with van der Waals surface area (Å²) in [5.74, 6) is -0.819. The molecule has 0 bridgehead atoms. The van der Waals surface area contributed by atoms with Gasteiger partial charge in [0.25, 0.3) is 0 Å². The lowest BCUT2D eigenvalue weighted by Gasteiger charge is -2.29. The molecule has 0 saturated heterocycles. The first-order valence-electron chi connectivity index (χ1n) is 6.42. The van der Waals surface area contributed by atoms with Crippen LogP contribution < -0.4 is 5.73 Å². The van der Waals surface area contributed by atoms with Gasteiger partial charge in [0, 0.05) is 19.1 Å². The van der Waals surface area contributed by atoms with Gasteiger partial charge in [0.2, 0.25) is 10.0 Å². The molecule has 1 atom stereocenters. The minimum atomic E-state index is -3.95. The zero-order valence-electron chi connectivity index (χ0n) is 12.3. The molecule has 1 aromatic carbocycles. The number of rotatable bonds is 6. The smallest absolute Gasteiger partial charge is 0.248 e. The number of likely N-dealkylation sites (N-methyl/N-ethyl adjacent to an activating group) is 2. The number of halogens is 1. The van der Waals surface area contributed by atoms with Gasteiger partial charge in [-0.05, 0) is 33.2 Å². The molecule has 20 heavy (non-hydrogen) atoms. The fourth-order valence-corrected chi connectivity index (χ4v) is 4.05. The van der Waals surface area contributed by atoms with Crippen LogP contribution in [0, 0.1) is 5.82 Å². The second kappa shape index (κ2) is 6.51. The van der Waals surface area contributed by atoms with E-state index < -0.39 is 20.7 Å². The Labute approximate surface area is 120 Å². The van der Waals surface area contributed by atoms with E-state index in [0.717, 1.165) is 6.07 Å². The molecule has 0 fully saturated rings. The van der Waals surface area contributed by atoms with E-state index in [1.54, 1.807) is 13.8 Å². The summed E-state index contributed by atoms with van der Waals surface area (Å²) in [6, 6.07) is 3.61. The standard InChI is InChI=1S/C13H22FN3O2S/c1-5-17(10(2)9-16(3)4)20(18,19)13-11(14)7-6-8-12(13)15/h6-8,10H,5,9,15H2,1-4H3. The number of hydrogen-bond donors (Lipinski definition) is 1. The van der Waals surface area contributed by atoms with Crippen LogP contribution in [0.4, 0.5) is 10.1 Å². The molecule has 0 spiro atoms.